The van der Waals surface area contributed by atoms with Gasteiger partial charge in [-0.15, -0.1) is 0 Å². The second-order valence-electron chi connectivity index (χ2n) is 7.56. The van der Waals surface area contributed by atoms with Gasteiger partial charge in [-0.05, 0) is 54.3 Å². The van der Waals surface area contributed by atoms with Gasteiger partial charge in [0.15, 0.2) is 0 Å². The van der Waals surface area contributed by atoms with E-state index >= 15 is 0 Å². The second kappa shape index (κ2) is 2.49. The van der Waals surface area contributed by atoms with Crippen molar-refractivity contribution in [2.45, 2.75) is 52.9 Å². The molecule has 0 aromatic carbocycles. The second-order valence-corrected chi connectivity index (χ2v) is 7.56. The molecule has 4 bridgehead atoms. The lowest BCUT2D eigenvalue weighted by Crippen LogP contribution is -2.60. The summed E-state index contributed by atoms with van der Waals surface area (Å²) >= 11 is 0. The van der Waals surface area contributed by atoms with Crippen molar-refractivity contribution in [1.29, 1.82) is 0 Å². The van der Waals surface area contributed by atoms with Crippen LogP contribution in [0.4, 0.5) is 0 Å². The van der Waals surface area contributed by atoms with Crippen LogP contribution in [0.3, 0.4) is 0 Å². The monoisotopic (exact) mass is 206 g/mol. The van der Waals surface area contributed by atoms with Gasteiger partial charge in [0.2, 0.25) is 0 Å². The highest BCUT2D eigenvalue weighted by atomic mass is 16.1. The lowest BCUT2D eigenvalue weighted by Gasteiger charge is -2.67. The van der Waals surface area contributed by atoms with Crippen LogP contribution >= 0.6 is 0 Å². The Morgan fingerprint density at radius 3 is 1.93 bits per heavy atom. The summed E-state index contributed by atoms with van der Waals surface area (Å²) in [5.41, 5.74) is 1.19. The van der Waals surface area contributed by atoms with Gasteiger partial charge in [-0.1, -0.05) is 20.8 Å². The molecule has 1 nitrogen and oxygen atoms in total. The zero-order chi connectivity index (χ0) is 10.9. The van der Waals surface area contributed by atoms with Gasteiger partial charge in [0.25, 0.3) is 0 Å². The van der Waals surface area contributed by atoms with Crippen LogP contribution in [0.2, 0.25) is 0 Å². The van der Waals surface area contributed by atoms with E-state index in [0.717, 1.165) is 5.92 Å². The average molecular weight is 206 g/mol. The molecule has 0 N–H and O–H groups in total. The van der Waals surface area contributed by atoms with Crippen molar-refractivity contribution >= 4 is 6.29 Å². The molecule has 0 aromatic rings. The van der Waals surface area contributed by atoms with E-state index in [9.17, 15) is 4.79 Å². The molecule has 4 saturated carbocycles. The predicted octanol–water partition coefficient (Wildman–Crippen LogP) is 3.43. The van der Waals surface area contributed by atoms with Crippen molar-refractivity contribution in [2.24, 2.45) is 28.1 Å². The van der Waals surface area contributed by atoms with E-state index in [1.54, 1.807) is 0 Å². The van der Waals surface area contributed by atoms with Gasteiger partial charge in [-0.2, -0.15) is 0 Å². The molecule has 0 aliphatic heterocycles. The fourth-order valence-corrected chi connectivity index (χ4v) is 6.18. The first kappa shape index (κ1) is 9.86. The topological polar surface area (TPSA) is 17.1 Å². The van der Waals surface area contributed by atoms with Crippen LogP contribution in [0.15, 0.2) is 0 Å². The van der Waals surface area contributed by atoms with Gasteiger partial charge < -0.3 is 4.79 Å². The summed E-state index contributed by atoms with van der Waals surface area (Å²) in [6.45, 7) is 7.19. The van der Waals surface area contributed by atoms with E-state index in [1.807, 2.05) is 0 Å². The fourth-order valence-electron chi connectivity index (χ4n) is 6.18. The molecule has 15 heavy (non-hydrogen) atoms. The number of carbonyl (C=O) groups is 1. The first-order valence-electron chi connectivity index (χ1n) is 6.35. The van der Waals surface area contributed by atoms with Crippen molar-refractivity contribution in [3.8, 4) is 0 Å². The van der Waals surface area contributed by atoms with Crippen molar-refractivity contribution < 1.29 is 4.79 Å². The normalized spacial score (nSPS) is 62.1. The Labute approximate surface area is 92.6 Å². The van der Waals surface area contributed by atoms with Gasteiger partial charge in [0, 0.05) is 5.92 Å². The van der Waals surface area contributed by atoms with Crippen LogP contribution in [-0.2, 0) is 4.79 Å². The maximum absolute atomic E-state index is 11.4. The Balaban J connectivity index is 2.08. The van der Waals surface area contributed by atoms with Gasteiger partial charge in [0.1, 0.15) is 6.29 Å². The standard InChI is InChI=1S/C14H22O/c1-12-4-10-5-13(2,8-12)11(7-15)14(3,6-10)9-12/h7,10-11H,4-6,8-9H2,1-3H3. The Morgan fingerprint density at radius 1 is 1.00 bits per heavy atom. The third kappa shape index (κ3) is 1.13. The summed E-state index contributed by atoms with van der Waals surface area (Å²) in [5, 5.41) is 0. The Morgan fingerprint density at radius 2 is 1.53 bits per heavy atom. The molecule has 84 valence electrons. The van der Waals surface area contributed by atoms with Crippen LogP contribution < -0.4 is 0 Å². The highest BCUT2D eigenvalue weighted by Crippen LogP contribution is 2.71. The fraction of sp³-hybridized carbons (Fsp3) is 0.929. The minimum Gasteiger partial charge on any atom is -0.303 e. The first-order valence-corrected chi connectivity index (χ1v) is 6.35. The zero-order valence-corrected chi connectivity index (χ0v) is 10.2. The van der Waals surface area contributed by atoms with Gasteiger partial charge >= 0.3 is 0 Å². The summed E-state index contributed by atoms with van der Waals surface area (Å²) in [7, 11) is 0. The lowest BCUT2D eigenvalue weighted by molar-refractivity contribution is -0.183. The van der Waals surface area contributed by atoms with E-state index in [0.29, 0.717) is 22.2 Å². The summed E-state index contributed by atoms with van der Waals surface area (Å²) < 4.78 is 0. The third-order valence-corrected chi connectivity index (χ3v) is 5.59. The minimum atomic E-state index is 0.324. The predicted molar refractivity (Wildman–Crippen MR) is 60.5 cm³/mol. The quantitative estimate of drug-likeness (QED) is 0.601. The lowest BCUT2D eigenvalue weighted by atomic mass is 9.37. The van der Waals surface area contributed by atoms with Gasteiger partial charge in [-0.3, -0.25) is 0 Å². The van der Waals surface area contributed by atoms with Crippen molar-refractivity contribution in [1.82, 2.24) is 0 Å². The molecular weight excluding hydrogens is 184 g/mol. The van der Waals surface area contributed by atoms with Crippen LogP contribution in [-0.4, -0.2) is 6.29 Å². The summed E-state index contributed by atoms with van der Waals surface area (Å²) in [4.78, 5) is 11.4. The van der Waals surface area contributed by atoms with E-state index in [2.05, 4.69) is 20.8 Å². The van der Waals surface area contributed by atoms with Crippen molar-refractivity contribution in [2.75, 3.05) is 0 Å². The van der Waals surface area contributed by atoms with Gasteiger partial charge in [0.05, 0.1) is 0 Å². The maximum atomic E-state index is 11.4. The summed E-state index contributed by atoms with van der Waals surface area (Å²) in [5.74, 6) is 1.23. The first-order chi connectivity index (χ1) is 6.89. The molecule has 0 spiro atoms. The molecule has 0 amide bonds. The number of aldehydes is 1. The Bertz CT molecular complexity index is 299. The van der Waals surface area contributed by atoms with E-state index < -0.39 is 0 Å². The minimum absolute atomic E-state index is 0.324. The molecule has 2 atom stereocenters. The van der Waals surface area contributed by atoms with Crippen molar-refractivity contribution in [3.63, 3.8) is 0 Å². The third-order valence-electron chi connectivity index (χ3n) is 5.59. The molecule has 1 heteroatoms. The largest absolute Gasteiger partial charge is 0.303 e. The molecule has 4 aliphatic carbocycles. The highest BCUT2D eigenvalue weighted by molar-refractivity contribution is 5.58. The Kier molecular flexibility index (Phi) is 1.64. The Hall–Kier alpha value is -0.330. The highest BCUT2D eigenvalue weighted by Gasteiger charge is 2.63. The number of hydrogen-bond acceptors (Lipinski definition) is 1. The van der Waals surface area contributed by atoms with E-state index in [4.69, 9.17) is 0 Å². The van der Waals surface area contributed by atoms with Crippen molar-refractivity contribution in [3.05, 3.63) is 0 Å². The van der Waals surface area contributed by atoms with Crippen LogP contribution in [0.5, 0.6) is 0 Å². The smallest absolute Gasteiger partial charge is 0.124 e. The van der Waals surface area contributed by atoms with Gasteiger partial charge in [-0.25, -0.2) is 0 Å². The van der Waals surface area contributed by atoms with Crippen LogP contribution in [0.1, 0.15) is 52.9 Å². The van der Waals surface area contributed by atoms with Crippen LogP contribution in [0.25, 0.3) is 0 Å². The molecule has 4 aliphatic rings. The number of rotatable bonds is 1. The number of carbonyl (C=O) groups excluding carboxylic acids is 1. The maximum Gasteiger partial charge on any atom is 0.124 e. The molecule has 0 saturated heterocycles. The SMILES string of the molecule is CC12CC3CC(C)(C1)C(C=O)C(C)(C3)C2. The summed E-state index contributed by atoms with van der Waals surface area (Å²) in [6.07, 6.45) is 7.89. The molecular formula is C14H22O. The molecule has 0 radical (unpaired) electrons. The molecule has 2 unspecified atom stereocenters. The van der Waals surface area contributed by atoms with Crippen LogP contribution in [0, 0.1) is 28.1 Å². The molecule has 4 rings (SSSR count). The molecule has 4 fully saturated rings. The molecule has 0 heterocycles. The number of hydrogen-bond donors (Lipinski definition) is 0. The zero-order valence-electron chi connectivity index (χ0n) is 10.2. The van der Waals surface area contributed by atoms with E-state index in [-0.39, 0.29) is 0 Å². The van der Waals surface area contributed by atoms with E-state index in [1.165, 1.54) is 38.4 Å². The average Bonchev–Trinajstić information content (AvgIpc) is 1.95. The molecule has 0 aromatic heterocycles. The summed E-state index contributed by atoms with van der Waals surface area (Å²) in [6, 6.07) is 0.